The van der Waals surface area contributed by atoms with Crippen LogP contribution in [0.2, 0.25) is 0 Å². The maximum absolute atomic E-state index is 12.6. The van der Waals surface area contributed by atoms with E-state index in [-0.39, 0.29) is 11.7 Å². The molecule has 3 rings (SSSR count). The fourth-order valence-electron chi connectivity index (χ4n) is 2.60. The molecule has 1 N–H and O–H groups in total. The van der Waals surface area contributed by atoms with Gasteiger partial charge in [-0.3, -0.25) is 9.89 Å². The minimum Gasteiger partial charge on any atom is -0.305 e. The molecule has 0 atom stereocenters. The van der Waals surface area contributed by atoms with Gasteiger partial charge in [-0.15, -0.1) is 5.10 Å². The van der Waals surface area contributed by atoms with Gasteiger partial charge in [-0.05, 0) is 30.9 Å². The van der Waals surface area contributed by atoms with Crippen LogP contribution in [-0.4, -0.2) is 27.6 Å². The number of nitrogens with one attached hydrogen (secondary N) is 1. The molecule has 2 heterocycles. The topological polar surface area (TPSA) is 61.9 Å². The average molecular weight is 270 g/mol. The van der Waals surface area contributed by atoms with Crippen molar-refractivity contribution in [1.29, 1.82) is 0 Å². The van der Waals surface area contributed by atoms with Crippen LogP contribution in [0.3, 0.4) is 0 Å². The predicted molar refractivity (Wildman–Crippen MR) is 76.8 cm³/mol. The van der Waals surface area contributed by atoms with Crippen LogP contribution >= 0.6 is 0 Å². The van der Waals surface area contributed by atoms with E-state index in [2.05, 4.69) is 28.2 Å². The molecule has 0 saturated heterocycles. The first kappa shape index (κ1) is 12.8. The molecule has 0 radical (unpaired) electrons. The predicted octanol–water partition coefficient (Wildman–Crippen LogP) is 2.35. The number of benzene rings is 1. The van der Waals surface area contributed by atoms with E-state index in [9.17, 15) is 4.79 Å². The molecule has 0 fully saturated rings. The number of nitrogens with zero attached hydrogens (tertiary/aromatic N) is 3. The summed E-state index contributed by atoms with van der Waals surface area (Å²) in [4.78, 5) is 18.6. The van der Waals surface area contributed by atoms with Crippen molar-refractivity contribution < 1.29 is 4.79 Å². The van der Waals surface area contributed by atoms with Crippen molar-refractivity contribution in [3.63, 3.8) is 0 Å². The highest BCUT2D eigenvalue weighted by Gasteiger charge is 2.25. The van der Waals surface area contributed by atoms with Crippen LogP contribution in [0.4, 0.5) is 5.69 Å². The Hall–Kier alpha value is -2.17. The molecule has 0 bridgehead atoms. The van der Waals surface area contributed by atoms with Crippen molar-refractivity contribution >= 4 is 11.6 Å². The molecule has 1 aliphatic rings. The number of fused-ring (bicyclic) bond motifs is 1. The summed E-state index contributed by atoms with van der Waals surface area (Å²) >= 11 is 0. The number of amides is 1. The molecule has 0 unspecified atom stereocenters. The summed E-state index contributed by atoms with van der Waals surface area (Å²) in [5, 5.41) is 6.90. The van der Waals surface area contributed by atoms with E-state index in [1.54, 1.807) is 4.90 Å². The number of carbonyl (C=O) groups excluding carboxylic acids is 1. The average Bonchev–Trinajstić information content (AvgIpc) is 2.95. The molecular formula is C15H18N4O. The van der Waals surface area contributed by atoms with Crippen LogP contribution in [-0.2, 0) is 12.8 Å². The number of carbonyl (C=O) groups is 1. The Morgan fingerprint density at radius 3 is 3.10 bits per heavy atom. The first-order valence-corrected chi connectivity index (χ1v) is 7.10. The van der Waals surface area contributed by atoms with E-state index < -0.39 is 0 Å². The van der Waals surface area contributed by atoms with Crippen molar-refractivity contribution in [3.8, 4) is 0 Å². The third-order valence-corrected chi connectivity index (χ3v) is 3.57. The number of aromatic amines is 1. The van der Waals surface area contributed by atoms with E-state index in [4.69, 9.17) is 0 Å². The normalized spacial score (nSPS) is 14.2. The molecule has 0 spiro atoms. The van der Waals surface area contributed by atoms with Gasteiger partial charge >= 0.3 is 0 Å². The van der Waals surface area contributed by atoms with Gasteiger partial charge in [0.15, 0.2) is 0 Å². The number of aryl methyl sites for hydroxylation is 2. The number of rotatable bonds is 3. The Balaban J connectivity index is 1.87. The first-order valence-electron chi connectivity index (χ1n) is 7.10. The van der Waals surface area contributed by atoms with Crippen molar-refractivity contribution in [3.05, 3.63) is 41.5 Å². The molecule has 5 heteroatoms. The SMILES string of the molecule is CCCc1nc(C(=O)N2CCCc3ccccc32)n[nH]1. The molecule has 5 nitrogen and oxygen atoms in total. The fraction of sp³-hybridized carbons (Fsp3) is 0.400. The highest BCUT2D eigenvalue weighted by Crippen LogP contribution is 2.27. The molecule has 104 valence electrons. The van der Waals surface area contributed by atoms with Gasteiger partial charge in [-0.1, -0.05) is 25.1 Å². The highest BCUT2D eigenvalue weighted by atomic mass is 16.2. The first-order chi connectivity index (χ1) is 9.79. The minimum absolute atomic E-state index is 0.115. The molecule has 20 heavy (non-hydrogen) atoms. The quantitative estimate of drug-likeness (QED) is 0.931. The summed E-state index contributed by atoms with van der Waals surface area (Å²) in [5.74, 6) is 0.932. The number of hydrogen-bond donors (Lipinski definition) is 1. The zero-order valence-corrected chi connectivity index (χ0v) is 11.6. The molecule has 1 amide bonds. The van der Waals surface area contributed by atoms with Gasteiger partial charge in [0, 0.05) is 18.7 Å². The van der Waals surface area contributed by atoms with Crippen LogP contribution in [0.1, 0.15) is 41.8 Å². The van der Waals surface area contributed by atoms with Gasteiger partial charge in [0.2, 0.25) is 5.82 Å². The van der Waals surface area contributed by atoms with Crippen molar-refractivity contribution in [1.82, 2.24) is 15.2 Å². The van der Waals surface area contributed by atoms with E-state index >= 15 is 0 Å². The number of para-hydroxylation sites is 1. The van der Waals surface area contributed by atoms with Crippen molar-refractivity contribution in [2.45, 2.75) is 32.6 Å². The van der Waals surface area contributed by atoms with Crippen LogP contribution < -0.4 is 4.90 Å². The fourth-order valence-corrected chi connectivity index (χ4v) is 2.60. The second-order valence-corrected chi connectivity index (χ2v) is 5.04. The Kier molecular flexibility index (Phi) is 3.50. The smallest absolute Gasteiger partial charge is 0.297 e. The van der Waals surface area contributed by atoms with E-state index in [1.165, 1.54) is 5.56 Å². The molecule has 0 saturated carbocycles. The van der Waals surface area contributed by atoms with Gasteiger partial charge in [0.05, 0.1) is 0 Å². The zero-order valence-electron chi connectivity index (χ0n) is 11.6. The van der Waals surface area contributed by atoms with E-state index in [1.807, 2.05) is 18.2 Å². The van der Waals surface area contributed by atoms with Gasteiger partial charge < -0.3 is 4.90 Å². The van der Waals surface area contributed by atoms with Crippen LogP contribution in [0.15, 0.2) is 24.3 Å². The van der Waals surface area contributed by atoms with Crippen molar-refractivity contribution in [2.75, 3.05) is 11.4 Å². The molecule has 1 aromatic carbocycles. The second-order valence-electron chi connectivity index (χ2n) is 5.04. The summed E-state index contributed by atoms with van der Waals surface area (Å²) in [5.41, 5.74) is 2.21. The van der Waals surface area contributed by atoms with E-state index in [0.717, 1.165) is 43.7 Å². The molecule has 2 aromatic rings. The minimum atomic E-state index is -0.115. The Bertz CT molecular complexity index is 620. The third-order valence-electron chi connectivity index (χ3n) is 3.57. The Labute approximate surface area is 118 Å². The maximum Gasteiger partial charge on any atom is 0.297 e. The summed E-state index contributed by atoms with van der Waals surface area (Å²) in [6.07, 6.45) is 3.80. The number of hydrogen-bond acceptors (Lipinski definition) is 3. The van der Waals surface area contributed by atoms with Gasteiger partial charge in [0.25, 0.3) is 5.91 Å². The molecular weight excluding hydrogens is 252 g/mol. The van der Waals surface area contributed by atoms with Crippen molar-refractivity contribution in [2.24, 2.45) is 0 Å². The maximum atomic E-state index is 12.6. The van der Waals surface area contributed by atoms with Crippen LogP contribution in [0, 0.1) is 0 Å². The lowest BCUT2D eigenvalue weighted by atomic mass is 10.0. The number of aromatic nitrogens is 3. The standard InChI is InChI=1S/C15H18N4O/c1-2-6-13-16-14(18-17-13)15(20)19-10-5-8-11-7-3-4-9-12(11)19/h3-4,7,9H,2,5-6,8,10H2,1H3,(H,16,17,18). The summed E-state index contributed by atoms with van der Waals surface area (Å²) < 4.78 is 0. The summed E-state index contributed by atoms with van der Waals surface area (Å²) in [7, 11) is 0. The van der Waals surface area contributed by atoms with E-state index in [0.29, 0.717) is 0 Å². The summed E-state index contributed by atoms with van der Waals surface area (Å²) in [6, 6.07) is 8.05. The largest absolute Gasteiger partial charge is 0.305 e. The van der Waals surface area contributed by atoms with Crippen LogP contribution in [0.5, 0.6) is 0 Å². The lowest BCUT2D eigenvalue weighted by Gasteiger charge is -2.28. The molecule has 1 aromatic heterocycles. The molecule has 1 aliphatic heterocycles. The highest BCUT2D eigenvalue weighted by molar-refractivity contribution is 6.04. The van der Waals surface area contributed by atoms with Gasteiger partial charge in [-0.2, -0.15) is 0 Å². The number of H-pyrrole nitrogens is 1. The van der Waals surface area contributed by atoms with Crippen LogP contribution in [0.25, 0.3) is 0 Å². The zero-order chi connectivity index (χ0) is 13.9. The summed E-state index contributed by atoms with van der Waals surface area (Å²) in [6.45, 7) is 2.80. The number of anilines is 1. The molecule has 0 aliphatic carbocycles. The Morgan fingerprint density at radius 2 is 2.25 bits per heavy atom. The Morgan fingerprint density at radius 1 is 1.40 bits per heavy atom. The third kappa shape index (κ3) is 2.31. The van der Waals surface area contributed by atoms with Gasteiger partial charge in [0.1, 0.15) is 5.82 Å². The van der Waals surface area contributed by atoms with Gasteiger partial charge in [-0.25, -0.2) is 4.98 Å². The second kappa shape index (κ2) is 5.45. The monoisotopic (exact) mass is 270 g/mol. The lowest BCUT2D eigenvalue weighted by Crippen LogP contribution is -2.36. The lowest BCUT2D eigenvalue weighted by molar-refractivity contribution is 0.0975.